The fraction of sp³-hybridized carbons (Fsp3) is 0.324. The predicted molar refractivity (Wildman–Crippen MR) is 170 cm³/mol. The van der Waals surface area contributed by atoms with E-state index < -0.39 is 39.4 Å². The van der Waals surface area contributed by atoms with E-state index in [1.165, 1.54) is 36.3 Å². The molecule has 4 aromatic rings. The zero-order chi connectivity index (χ0) is 33.4. The summed E-state index contributed by atoms with van der Waals surface area (Å²) in [6, 6.07) is 14.6. The number of aryl methyl sites for hydroxylation is 2. The number of amides is 1. The Labute approximate surface area is 267 Å². The first kappa shape index (κ1) is 32.8. The van der Waals surface area contributed by atoms with Gasteiger partial charge in [0.1, 0.15) is 6.61 Å². The van der Waals surface area contributed by atoms with Crippen LogP contribution in [0.4, 0.5) is 14.7 Å². The standard InChI is InChI=1S/C34H36F2N4O5S/c1-20-9-7-10-21(2)30(20)28-16-29-38-33(37-28)39-46(42,43)25-12-8-11-23(15-25)32(41)40(24(19-45-29)17-34(3,4)5)18-22-13-26(35)31(44-6)27(36)14-22/h7-16,24H,17-19H2,1-6H3,(H,37,38,39)/t24-/m1/s1. The molecule has 1 aliphatic rings. The van der Waals surface area contributed by atoms with Crippen LogP contribution in [0, 0.1) is 30.9 Å². The number of methoxy groups -OCH3 is 1. The molecule has 0 saturated heterocycles. The summed E-state index contributed by atoms with van der Waals surface area (Å²) in [6.07, 6.45) is 0.428. The summed E-state index contributed by atoms with van der Waals surface area (Å²) in [4.78, 5) is 24.4. The van der Waals surface area contributed by atoms with Crippen molar-refractivity contribution in [1.82, 2.24) is 14.9 Å². The van der Waals surface area contributed by atoms with E-state index >= 15 is 0 Å². The van der Waals surface area contributed by atoms with Gasteiger partial charge >= 0.3 is 0 Å². The maximum absolute atomic E-state index is 14.8. The second-order valence-corrected chi connectivity index (χ2v) is 14.3. The van der Waals surface area contributed by atoms with Gasteiger partial charge in [-0.1, -0.05) is 45.0 Å². The zero-order valence-electron chi connectivity index (χ0n) is 26.5. The van der Waals surface area contributed by atoms with E-state index in [0.29, 0.717) is 12.1 Å². The molecule has 1 amide bonds. The molecule has 1 N–H and O–H groups in total. The summed E-state index contributed by atoms with van der Waals surface area (Å²) in [5, 5.41) is 0. The van der Waals surface area contributed by atoms with E-state index in [4.69, 9.17) is 9.47 Å². The van der Waals surface area contributed by atoms with Crippen LogP contribution in [0.5, 0.6) is 11.6 Å². The lowest BCUT2D eigenvalue weighted by atomic mass is 9.87. The fourth-order valence-corrected chi connectivity index (χ4v) is 6.63. The number of nitrogens with zero attached hydrogens (tertiary/aromatic N) is 3. The van der Waals surface area contributed by atoms with Crippen molar-refractivity contribution in [3.8, 4) is 22.9 Å². The Morgan fingerprint density at radius 2 is 1.65 bits per heavy atom. The fourth-order valence-electron chi connectivity index (χ4n) is 5.64. The molecule has 0 spiro atoms. The number of ether oxygens (including phenoxy) is 2. The molecule has 46 heavy (non-hydrogen) atoms. The molecule has 1 atom stereocenters. The van der Waals surface area contributed by atoms with Gasteiger partial charge in [0.05, 0.1) is 23.7 Å². The van der Waals surface area contributed by atoms with Gasteiger partial charge in [-0.15, -0.1) is 0 Å². The zero-order valence-corrected chi connectivity index (χ0v) is 27.3. The summed E-state index contributed by atoms with van der Waals surface area (Å²) < 4.78 is 70.2. The van der Waals surface area contributed by atoms with Crippen molar-refractivity contribution in [3.05, 3.63) is 94.6 Å². The van der Waals surface area contributed by atoms with Gasteiger partial charge in [0.15, 0.2) is 17.4 Å². The molecule has 242 valence electrons. The van der Waals surface area contributed by atoms with Gasteiger partial charge in [-0.25, -0.2) is 26.9 Å². The van der Waals surface area contributed by atoms with E-state index in [1.54, 1.807) is 6.07 Å². The van der Waals surface area contributed by atoms with Crippen LogP contribution in [0.25, 0.3) is 11.3 Å². The average Bonchev–Trinajstić information content (AvgIpc) is 2.96. The number of nitrogens with one attached hydrogen (secondary N) is 1. The normalized spacial score (nSPS) is 16.4. The third kappa shape index (κ3) is 7.12. The highest BCUT2D eigenvalue weighted by atomic mass is 32.2. The molecule has 1 aliphatic heterocycles. The van der Waals surface area contributed by atoms with E-state index in [9.17, 15) is 22.0 Å². The van der Waals surface area contributed by atoms with Gasteiger partial charge < -0.3 is 14.4 Å². The molecule has 0 saturated carbocycles. The molecule has 0 radical (unpaired) electrons. The molecule has 4 bridgehead atoms. The van der Waals surface area contributed by atoms with Gasteiger partial charge in [0, 0.05) is 23.7 Å². The number of carbonyl (C=O) groups excluding carboxylic acids is 1. The van der Waals surface area contributed by atoms with E-state index in [2.05, 4.69) is 14.7 Å². The topological polar surface area (TPSA) is 111 Å². The summed E-state index contributed by atoms with van der Waals surface area (Å²) in [5.74, 6) is -3.00. The van der Waals surface area contributed by atoms with Crippen molar-refractivity contribution < 1.29 is 31.5 Å². The van der Waals surface area contributed by atoms with Crippen LogP contribution in [0.2, 0.25) is 0 Å². The molecule has 12 heteroatoms. The number of hydrogen-bond acceptors (Lipinski definition) is 7. The van der Waals surface area contributed by atoms with Gasteiger partial charge in [0.2, 0.25) is 11.8 Å². The minimum atomic E-state index is -4.25. The van der Waals surface area contributed by atoms with Crippen molar-refractivity contribution in [1.29, 1.82) is 0 Å². The lowest BCUT2D eigenvalue weighted by Gasteiger charge is -2.36. The SMILES string of the molecule is COc1c(F)cc(CN2C(=O)c3cccc(c3)S(=O)(=O)Nc3nc(cc(-c4c(C)cccc4C)n3)OC[C@H]2CC(C)(C)C)cc1F. The summed E-state index contributed by atoms with van der Waals surface area (Å²) >= 11 is 0. The number of hydrogen-bond donors (Lipinski definition) is 1. The highest BCUT2D eigenvalue weighted by Gasteiger charge is 2.32. The lowest BCUT2D eigenvalue weighted by molar-refractivity contribution is 0.0512. The van der Waals surface area contributed by atoms with Gasteiger partial charge in [-0.05, 0) is 72.7 Å². The molecule has 2 heterocycles. The van der Waals surface area contributed by atoms with Crippen molar-refractivity contribution in [3.63, 3.8) is 0 Å². The largest absolute Gasteiger partial charge is 0.491 e. The second kappa shape index (κ2) is 12.7. The summed E-state index contributed by atoms with van der Waals surface area (Å²) in [6.45, 7) is 9.61. The summed E-state index contributed by atoms with van der Waals surface area (Å²) in [5.41, 5.74) is 3.03. The molecule has 3 aromatic carbocycles. The number of carbonyl (C=O) groups is 1. The molecular formula is C34H36F2N4O5S. The van der Waals surface area contributed by atoms with Gasteiger partial charge in [-0.3, -0.25) is 4.79 Å². The lowest BCUT2D eigenvalue weighted by Crippen LogP contribution is -2.45. The number of halogens is 2. The minimum Gasteiger partial charge on any atom is -0.491 e. The Bertz CT molecular complexity index is 1870. The molecule has 5 rings (SSSR count). The van der Waals surface area contributed by atoms with Crippen molar-refractivity contribution in [2.45, 2.75) is 58.5 Å². The Balaban J connectivity index is 1.68. The van der Waals surface area contributed by atoms with E-state index in [-0.39, 0.29) is 46.4 Å². The average molecular weight is 651 g/mol. The quantitative estimate of drug-likeness (QED) is 0.256. The Morgan fingerprint density at radius 3 is 2.28 bits per heavy atom. The smallest absolute Gasteiger partial charge is 0.264 e. The van der Waals surface area contributed by atoms with Crippen LogP contribution in [-0.4, -0.2) is 49.0 Å². The van der Waals surface area contributed by atoms with E-state index in [0.717, 1.165) is 28.8 Å². The number of aromatic nitrogens is 2. The van der Waals surface area contributed by atoms with Crippen LogP contribution in [0.15, 0.2) is 65.6 Å². The maximum atomic E-state index is 14.8. The number of fused-ring (bicyclic) bond motifs is 4. The third-order valence-corrected chi connectivity index (χ3v) is 8.97. The highest BCUT2D eigenvalue weighted by Crippen LogP contribution is 2.32. The molecular weight excluding hydrogens is 614 g/mol. The number of anilines is 1. The van der Waals surface area contributed by atoms with Crippen LogP contribution in [0.1, 0.15) is 54.2 Å². The first-order valence-electron chi connectivity index (χ1n) is 14.7. The van der Waals surface area contributed by atoms with Crippen LogP contribution in [0.3, 0.4) is 0 Å². The first-order chi connectivity index (χ1) is 21.6. The Morgan fingerprint density at radius 1 is 1.00 bits per heavy atom. The molecule has 0 unspecified atom stereocenters. The summed E-state index contributed by atoms with van der Waals surface area (Å²) in [7, 11) is -3.09. The minimum absolute atomic E-state index is 0.0563. The third-order valence-electron chi connectivity index (χ3n) is 7.65. The van der Waals surface area contributed by atoms with Gasteiger partial charge in [-0.2, -0.15) is 4.98 Å². The highest BCUT2D eigenvalue weighted by molar-refractivity contribution is 7.92. The van der Waals surface area contributed by atoms with Gasteiger partial charge in [0.25, 0.3) is 15.9 Å². The van der Waals surface area contributed by atoms with Crippen LogP contribution in [-0.2, 0) is 16.6 Å². The van der Waals surface area contributed by atoms with Crippen LogP contribution < -0.4 is 14.2 Å². The molecule has 0 aliphatic carbocycles. The second-order valence-electron chi connectivity index (χ2n) is 12.6. The monoisotopic (exact) mass is 650 g/mol. The predicted octanol–water partition coefficient (Wildman–Crippen LogP) is 6.69. The van der Waals surface area contributed by atoms with Crippen molar-refractivity contribution >= 4 is 21.9 Å². The molecule has 0 fully saturated rings. The molecule has 1 aromatic heterocycles. The van der Waals surface area contributed by atoms with Crippen molar-refractivity contribution in [2.24, 2.45) is 5.41 Å². The van der Waals surface area contributed by atoms with Crippen molar-refractivity contribution in [2.75, 3.05) is 18.4 Å². The number of sulfonamides is 1. The molecule has 9 nitrogen and oxygen atoms in total. The Hall–Kier alpha value is -4.58. The number of rotatable bonds is 5. The Kier molecular flexibility index (Phi) is 9.03. The first-order valence-corrected chi connectivity index (χ1v) is 16.2. The number of benzene rings is 3. The maximum Gasteiger partial charge on any atom is 0.264 e. The van der Waals surface area contributed by atoms with E-state index in [1.807, 2.05) is 52.8 Å². The van der Waals surface area contributed by atoms with Crippen LogP contribution >= 0.6 is 0 Å².